The smallest absolute Gasteiger partial charge is 0.0372 e. The van der Waals surface area contributed by atoms with Gasteiger partial charge < -0.3 is 9.80 Å². The van der Waals surface area contributed by atoms with Gasteiger partial charge in [0.25, 0.3) is 0 Å². The minimum atomic E-state index is 1.03. The van der Waals surface area contributed by atoms with E-state index in [9.17, 15) is 0 Å². The molecule has 1 radical (unpaired) electrons. The van der Waals surface area contributed by atoms with Gasteiger partial charge in [-0.3, -0.25) is 0 Å². The van der Waals surface area contributed by atoms with Gasteiger partial charge in [0.2, 0.25) is 0 Å². The number of anilines is 2. The zero-order valence-electron chi connectivity index (χ0n) is 14.3. The fourth-order valence-electron chi connectivity index (χ4n) is 2.85. The van der Waals surface area contributed by atoms with Crippen molar-refractivity contribution in [2.24, 2.45) is 0 Å². The number of nitrogens with zero attached hydrogens (tertiary/aromatic N) is 2. The van der Waals surface area contributed by atoms with E-state index in [2.05, 4.69) is 80.0 Å². The van der Waals surface area contributed by atoms with Crippen LogP contribution in [0.2, 0.25) is 0 Å². The van der Waals surface area contributed by atoms with Crippen molar-refractivity contribution in [1.82, 2.24) is 0 Å². The van der Waals surface area contributed by atoms with Gasteiger partial charge >= 0.3 is 0 Å². The first-order valence-corrected chi connectivity index (χ1v) is 8.35. The molecule has 2 aromatic carbocycles. The molecule has 2 nitrogen and oxygen atoms in total. The third-order valence-electron chi connectivity index (χ3n) is 4.22. The molecule has 0 bridgehead atoms. The minimum Gasteiger partial charge on any atom is -0.372 e. The largest absolute Gasteiger partial charge is 0.372 e. The van der Waals surface area contributed by atoms with Crippen molar-refractivity contribution >= 4 is 11.4 Å². The van der Waals surface area contributed by atoms with Crippen molar-refractivity contribution in [3.63, 3.8) is 0 Å². The molecule has 0 N–H and O–H groups in total. The fraction of sp³-hybridized carbons (Fsp3) is 0.400. The Labute approximate surface area is 135 Å². The summed E-state index contributed by atoms with van der Waals surface area (Å²) in [4.78, 5) is 4.72. The summed E-state index contributed by atoms with van der Waals surface area (Å²) >= 11 is 0. The maximum Gasteiger partial charge on any atom is 0.0372 e. The molecular formula is C20H27N2. The average molecular weight is 295 g/mol. The standard InChI is InChI=1S/C20H27N2/c1-5-21(6-2)19-14-12-17(13-15-19)18-10-9-11-20(16-18)22(7-3)8-4/h9,11-16H,5-8H2,1-4H3. The second-order valence-electron chi connectivity index (χ2n) is 5.35. The highest BCUT2D eigenvalue weighted by Gasteiger charge is 2.06. The first kappa shape index (κ1) is 16.4. The SMILES string of the molecule is CCN(CC)c1ccc(-c2[c]ccc(N(CC)CC)c2)cc1. The number of hydrogen-bond donors (Lipinski definition) is 0. The maximum absolute atomic E-state index is 3.36. The molecule has 0 saturated carbocycles. The van der Waals surface area contributed by atoms with E-state index < -0.39 is 0 Å². The van der Waals surface area contributed by atoms with Crippen molar-refractivity contribution in [2.75, 3.05) is 36.0 Å². The summed E-state index contributed by atoms with van der Waals surface area (Å²) in [6.07, 6.45) is 0. The monoisotopic (exact) mass is 295 g/mol. The molecule has 2 rings (SSSR count). The van der Waals surface area contributed by atoms with Gasteiger partial charge in [0.05, 0.1) is 0 Å². The quantitative estimate of drug-likeness (QED) is 0.720. The van der Waals surface area contributed by atoms with E-state index in [0.717, 1.165) is 31.7 Å². The molecule has 0 spiro atoms. The first-order chi connectivity index (χ1) is 10.7. The normalized spacial score (nSPS) is 10.5. The summed E-state index contributed by atoms with van der Waals surface area (Å²) in [5.41, 5.74) is 4.95. The van der Waals surface area contributed by atoms with Crippen LogP contribution in [0.5, 0.6) is 0 Å². The Morgan fingerprint density at radius 3 is 1.82 bits per heavy atom. The molecule has 0 unspecified atom stereocenters. The molecule has 2 heteroatoms. The van der Waals surface area contributed by atoms with Gasteiger partial charge in [-0.05, 0) is 69.2 Å². The van der Waals surface area contributed by atoms with Gasteiger partial charge in [-0.1, -0.05) is 18.2 Å². The molecule has 0 saturated heterocycles. The Morgan fingerprint density at radius 1 is 0.727 bits per heavy atom. The van der Waals surface area contributed by atoms with E-state index in [1.165, 1.54) is 16.9 Å². The Bertz CT molecular complexity index is 567. The van der Waals surface area contributed by atoms with Crippen LogP contribution in [-0.4, -0.2) is 26.2 Å². The lowest BCUT2D eigenvalue weighted by Crippen LogP contribution is -2.21. The topological polar surface area (TPSA) is 6.48 Å². The second-order valence-corrected chi connectivity index (χ2v) is 5.35. The molecule has 0 fully saturated rings. The highest BCUT2D eigenvalue weighted by molar-refractivity contribution is 5.70. The molecule has 0 aliphatic heterocycles. The minimum absolute atomic E-state index is 1.03. The van der Waals surface area contributed by atoms with Crippen molar-refractivity contribution < 1.29 is 0 Å². The lowest BCUT2D eigenvalue weighted by molar-refractivity contribution is 0.866. The van der Waals surface area contributed by atoms with Crippen LogP contribution in [0.25, 0.3) is 11.1 Å². The molecule has 0 heterocycles. The van der Waals surface area contributed by atoms with Crippen LogP contribution in [0.1, 0.15) is 27.7 Å². The van der Waals surface area contributed by atoms with Gasteiger partial charge in [-0.15, -0.1) is 0 Å². The Kier molecular flexibility index (Phi) is 5.88. The molecule has 0 atom stereocenters. The molecule has 2 aromatic rings. The Morgan fingerprint density at radius 2 is 1.27 bits per heavy atom. The number of benzene rings is 2. The Balaban J connectivity index is 2.26. The molecule has 0 aliphatic carbocycles. The molecule has 0 aromatic heterocycles. The van der Waals surface area contributed by atoms with Crippen molar-refractivity contribution in [3.05, 3.63) is 48.5 Å². The van der Waals surface area contributed by atoms with Gasteiger partial charge in [0, 0.05) is 37.6 Å². The predicted octanol–water partition coefficient (Wildman–Crippen LogP) is 4.85. The molecule has 117 valence electrons. The summed E-state index contributed by atoms with van der Waals surface area (Å²) in [7, 11) is 0. The molecule has 0 aliphatic rings. The van der Waals surface area contributed by atoms with Gasteiger partial charge in [-0.25, -0.2) is 0 Å². The summed E-state index contributed by atoms with van der Waals surface area (Å²) in [6, 6.07) is 18.6. The fourth-order valence-corrected chi connectivity index (χ4v) is 2.85. The molecular weight excluding hydrogens is 268 g/mol. The van der Waals surface area contributed by atoms with Crippen LogP contribution < -0.4 is 9.80 Å². The van der Waals surface area contributed by atoms with Crippen LogP contribution in [0.3, 0.4) is 0 Å². The number of rotatable bonds is 7. The summed E-state index contributed by atoms with van der Waals surface area (Å²) in [6.45, 7) is 12.9. The summed E-state index contributed by atoms with van der Waals surface area (Å²) in [5, 5.41) is 0. The third kappa shape index (κ3) is 3.62. The highest BCUT2D eigenvalue weighted by Crippen LogP contribution is 2.26. The van der Waals surface area contributed by atoms with E-state index in [1.807, 2.05) is 6.07 Å². The lowest BCUT2D eigenvalue weighted by Gasteiger charge is -2.22. The maximum atomic E-state index is 3.36. The van der Waals surface area contributed by atoms with E-state index >= 15 is 0 Å². The lowest BCUT2D eigenvalue weighted by atomic mass is 10.0. The Hall–Kier alpha value is -1.96. The zero-order chi connectivity index (χ0) is 15.9. The predicted molar refractivity (Wildman–Crippen MR) is 97.8 cm³/mol. The zero-order valence-corrected chi connectivity index (χ0v) is 14.3. The van der Waals surface area contributed by atoms with Crippen LogP contribution in [0.15, 0.2) is 42.5 Å². The molecule has 22 heavy (non-hydrogen) atoms. The third-order valence-corrected chi connectivity index (χ3v) is 4.22. The van der Waals surface area contributed by atoms with E-state index in [-0.39, 0.29) is 0 Å². The molecule has 0 amide bonds. The van der Waals surface area contributed by atoms with E-state index in [1.54, 1.807) is 0 Å². The van der Waals surface area contributed by atoms with Crippen LogP contribution >= 0.6 is 0 Å². The average Bonchev–Trinajstić information content (AvgIpc) is 2.58. The van der Waals surface area contributed by atoms with E-state index in [0.29, 0.717) is 0 Å². The summed E-state index contributed by atoms with van der Waals surface area (Å²) in [5.74, 6) is 0. The van der Waals surface area contributed by atoms with Crippen molar-refractivity contribution in [3.8, 4) is 11.1 Å². The summed E-state index contributed by atoms with van der Waals surface area (Å²) < 4.78 is 0. The first-order valence-electron chi connectivity index (χ1n) is 8.35. The number of hydrogen-bond acceptors (Lipinski definition) is 2. The second kappa shape index (κ2) is 7.88. The van der Waals surface area contributed by atoms with Gasteiger partial charge in [-0.2, -0.15) is 0 Å². The van der Waals surface area contributed by atoms with Gasteiger partial charge in [0.1, 0.15) is 0 Å². The highest BCUT2D eigenvalue weighted by atomic mass is 15.1. The van der Waals surface area contributed by atoms with Crippen molar-refractivity contribution in [1.29, 1.82) is 0 Å². The van der Waals surface area contributed by atoms with Crippen LogP contribution in [-0.2, 0) is 0 Å². The van der Waals surface area contributed by atoms with Crippen LogP contribution in [0, 0.1) is 6.07 Å². The van der Waals surface area contributed by atoms with Crippen LogP contribution in [0.4, 0.5) is 11.4 Å². The van der Waals surface area contributed by atoms with Crippen molar-refractivity contribution in [2.45, 2.75) is 27.7 Å². The van der Waals surface area contributed by atoms with Gasteiger partial charge in [0.15, 0.2) is 0 Å². The van der Waals surface area contributed by atoms with E-state index in [4.69, 9.17) is 0 Å².